The van der Waals surface area contributed by atoms with E-state index in [1.54, 1.807) is 6.92 Å². The quantitative estimate of drug-likeness (QED) is 0.669. The second kappa shape index (κ2) is 5.88. The molecule has 0 saturated carbocycles. The average Bonchev–Trinajstić information content (AvgIpc) is 2.19. The maximum atomic E-state index is 7.57. The van der Waals surface area contributed by atoms with E-state index in [2.05, 4.69) is 38.7 Å². The smallest absolute Gasteiger partial charge is 0.0587 e. The van der Waals surface area contributed by atoms with E-state index in [0.717, 1.165) is 17.6 Å². The molecule has 0 fully saturated rings. The standard InChI is InChI=1S/C8H9BrN2.C2H6O/c9-6-1-2-7-8(5-6)11-4-3-10-7;1-2-3/h1-2,5,10-11H,3-4H2;3H,2H2,1H3. The van der Waals surface area contributed by atoms with Gasteiger partial charge in [0.2, 0.25) is 0 Å². The van der Waals surface area contributed by atoms with E-state index in [-0.39, 0.29) is 6.61 Å². The molecular formula is C10H15BrN2O. The monoisotopic (exact) mass is 258 g/mol. The van der Waals surface area contributed by atoms with E-state index in [1.807, 2.05) is 6.07 Å². The molecule has 0 saturated heterocycles. The van der Waals surface area contributed by atoms with Crippen LogP contribution in [0.2, 0.25) is 0 Å². The third-order valence-electron chi connectivity index (χ3n) is 1.74. The first-order valence-corrected chi connectivity index (χ1v) is 5.45. The summed E-state index contributed by atoms with van der Waals surface area (Å²) in [5, 5.41) is 14.2. The molecule has 78 valence electrons. The molecule has 0 aromatic heterocycles. The number of hydrogen-bond donors (Lipinski definition) is 3. The molecule has 0 spiro atoms. The highest BCUT2D eigenvalue weighted by Gasteiger charge is 2.05. The molecule has 1 aliphatic rings. The third kappa shape index (κ3) is 3.20. The zero-order valence-electron chi connectivity index (χ0n) is 8.18. The van der Waals surface area contributed by atoms with Crippen LogP contribution in [0.15, 0.2) is 22.7 Å². The topological polar surface area (TPSA) is 44.3 Å². The molecule has 1 aromatic rings. The zero-order chi connectivity index (χ0) is 10.4. The highest BCUT2D eigenvalue weighted by atomic mass is 79.9. The second-order valence-electron chi connectivity index (χ2n) is 2.86. The van der Waals surface area contributed by atoms with E-state index in [1.165, 1.54) is 11.4 Å². The van der Waals surface area contributed by atoms with Gasteiger partial charge >= 0.3 is 0 Å². The maximum Gasteiger partial charge on any atom is 0.0587 e. The lowest BCUT2D eigenvalue weighted by molar-refractivity contribution is 0.318. The minimum Gasteiger partial charge on any atom is -0.397 e. The molecule has 0 atom stereocenters. The number of aliphatic hydroxyl groups excluding tert-OH is 1. The first kappa shape index (κ1) is 11.3. The second-order valence-corrected chi connectivity index (χ2v) is 3.78. The van der Waals surface area contributed by atoms with E-state index in [9.17, 15) is 0 Å². The lowest BCUT2D eigenvalue weighted by Gasteiger charge is -2.19. The summed E-state index contributed by atoms with van der Waals surface area (Å²) in [7, 11) is 0. The van der Waals surface area contributed by atoms with Gasteiger partial charge in [-0.15, -0.1) is 0 Å². The van der Waals surface area contributed by atoms with Gasteiger partial charge in [0.25, 0.3) is 0 Å². The maximum absolute atomic E-state index is 7.57. The molecule has 3 N–H and O–H groups in total. The molecule has 1 aromatic carbocycles. The summed E-state index contributed by atoms with van der Waals surface area (Å²) in [6, 6.07) is 6.20. The number of halogens is 1. The van der Waals surface area contributed by atoms with Gasteiger partial charge in [-0.1, -0.05) is 15.9 Å². The van der Waals surface area contributed by atoms with Crippen molar-refractivity contribution in [2.45, 2.75) is 6.92 Å². The van der Waals surface area contributed by atoms with E-state index in [0.29, 0.717) is 0 Å². The Morgan fingerprint density at radius 1 is 1.29 bits per heavy atom. The summed E-state index contributed by atoms with van der Waals surface area (Å²) in [4.78, 5) is 0. The SMILES string of the molecule is Brc1ccc2c(c1)NCCN2.CCO. The van der Waals surface area contributed by atoms with Crippen molar-refractivity contribution in [1.29, 1.82) is 0 Å². The highest BCUT2D eigenvalue weighted by molar-refractivity contribution is 9.10. The van der Waals surface area contributed by atoms with Gasteiger partial charge in [-0.25, -0.2) is 0 Å². The van der Waals surface area contributed by atoms with Crippen LogP contribution in [0.1, 0.15) is 6.92 Å². The predicted molar refractivity (Wildman–Crippen MR) is 63.9 cm³/mol. The number of nitrogens with one attached hydrogen (secondary N) is 2. The molecule has 1 heterocycles. The summed E-state index contributed by atoms with van der Waals surface area (Å²) >= 11 is 3.42. The Morgan fingerprint density at radius 3 is 2.50 bits per heavy atom. The molecule has 1 aliphatic heterocycles. The molecule has 0 amide bonds. The van der Waals surface area contributed by atoms with Crippen molar-refractivity contribution in [1.82, 2.24) is 0 Å². The summed E-state index contributed by atoms with van der Waals surface area (Å²) in [6.45, 7) is 3.94. The number of fused-ring (bicyclic) bond motifs is 1. The van der Waals surface area contributed by atoms with Crippen molar-refractivity contribution in [2.75, 3.05) is 30.3 Å². The number of rotatable bonds is 0. The van der Waals surface area contributed by atoms with Gasteiger partial charge in [-0.05, 0) is 25.1 Å². The van der Waals surface area contributed by atoms with Crippen molar-refractivity contribution in [3.05, 3.63) is 22.7 Å². The zero-order valence-corrected chi connectivity index (χ0v) is 9.76. The Bertz CT molecular complexity index is 291. The number of hydrogen-bond acceptors (Lipinski definition) is 3. The van der Waals surface area contributed by atoms with Gasteiger partial charge in [-0.2, -0.15) is 0 Å². The van der Waals surface area contributed by atoms with Crippen LogP contribution in [0.5, 0.6) is 0 Å². The number of aliphatic hydroxyl groups is 1. The Kier molecular flexibility index (Phi) is 4.76. The summed E-state index contributed by atoms with van der Waals surface area (Å²) in [6.07, 6.45) is 0. The normalized spacial score (nSPS) is 12.8. The van der Waals surface area contributed by atoms with E-state index in [4.69, 9.17) is 5.11 Å². The van der Waals surface area contributed by atoms with Crippen molar-refractivity contribution in [3.8, 4) is 0 Å². The predicted octanol–water partition coefficient (Wildman–Crippen LogP) is 2.29. The molecule has 0 radical (unpaired) electrons. The Labute approximate surface area is 92.7 Å². The van der Waals surface area contributed by atoms with Gasteiger partial charge in [0.15, 0.2) is 0 Å². The van der Waals surface area contributed by atoms with Gasteiger partial charge in [0.05, 0.1) is 11.4 Å². The molecule has 14 heavy (non-hydrogen) atoms. The van der Waals surface area contributed by atoms with Crippen LogP contribution in [-0.2, 0) is 0 Å². The molecule has 0 unspecified atom stereocenters. The lowest BCUT2D eigenvalue weighted by atomic mass is 10.2. The van der Waals surface area contributed by atoms with Crippen LogP contribution in [0.25, 0.3) is 0 Å². The Morgan fingerprint density at radius 2 is 1.86 bits per heavy atom. The lowest BCUT2D eigenvalue weighted by Crippen LogP contribution is -2.20. The minimum absolute atomic E-state index is 0.250. The first-order valence-electron chi connectivity index (χ1n) is 4.66. The van der Waals surface area contributed by atoms with Crippen LogP contribution < -0.4 is 10.6 Å². The van der Waals surface area contributed by atoms with E-state index < -0.39 is 0 Å². The number of benzene rings is 1. The fraction of sp³-hybridized carbons (Fsp3) is 0.400. The molecule has 3 nitrogen and oxygen atoms in total. The van der Waals surface area contributed by atoms with Crippen molar-refractivity contribution in [3.63, 3.8) is 0 Å². The number of anilines is 2. The Balaban J connectivity index is 0.000000293. The van der Waals surface area contributed by atoms with Crippen molar-refractivity contribution < 1.29 is 5.11 Å². The van der Waals surface area contributed by atoms with Crippen LogP contribution in [0.3, 0.4) is 0 Å². The Hall–Kier alpha value is -0.740. The van der Waals surface area contributed by atoms with Crippen LogP contribution in [-0.4, -0.2) is 24.8 Å². The summed E-state index contributed by atoms with van der Waals surface area (Å²) < 4.78 is 1.12. The van der Waals surface area contributed by atoms with Crippen molar-refractivity contribution in [2.24, 2.45) is 0 Å². The van der Waals surface area contributed by atoms with Crippen LogP contribution in [0.4, 0.5) is 11.4 Å². The van der Waals surface area contributed by atoms with Gasteiger partial charge in [0, 0.05) is 24.2 Å². The van der Waals surface area contributed by atoms with E-state index >= 15 is 0 Å². The van der Waals surface area contributed by atoms with Gasteiger partial charge < -0.3 is 15.7 Å². The fourth-order valence-corrected chi connectivity index (χ4v) is 1.57. The molecular weight excluding hydrogens is 244 g/mol. The molecule has 2 rings (SSSR count). The van der Waals surface area contributed by atoms with Gasteiger partial charge in [0.1, 0.15) is 0 Å². The van der Waals surface area contributed by atoms with Gasteiger partial charge in [-0.3, -0.25) is 0 Å². The average molecular weight is 259 g/mol. The molecule has 4 heteroatoms. The highest BCUT2D eigenvalue weighted by Crippen LogP contribution is 2.27. The largest absolute Gasteiger partial charge is 0.397 e. The fourth-order valence-electron chi connectivity index (χ4n) is 1.21. The minimum atomic E-state index is 0.250. The van der Waals surface area contributed by atoms with Crippen LogP contribution in [0, 0.1) is 0 Å². The van der Waals surface area contributed by atoms with Crippen LogP contribution >= 0.6 is 15.9 Å². The summed E-state index contributed by atoms with van der Waals surface area (Å²) in [5.41, 5.74) is 2.38. The molecule has 0 aliphatic carbocycles. The van der Waals surface area contributed by atoms with Crippen molar-refractivity contribution >= 4 is 27.3 Å². The first-order chi connectivity index (χ1) is 6.77. The third-order valence-corrected chi connectivity index (χ3v) is 2.23. The molecule has 0 bridgehead atoms. The summed E-state index contributed by atoms with van der Waals surface area (Å²) in [5.74, 6) is 0.